The summed E-state index contributed by atoms with van der Waals surface area (Å²) in [6.07, 6.45) is 4.31. The molecule has 2 N–H and O–H groups in total. The molecule has 0 spiro atoms. The number of thiazole rings is 1. The normalized spacial score (nSPS) is 12.8. The molecule has 1 aromatic carbocycles. The van der Waals surface area contributed by atoms with E-state index in [1.54, 1.807) is 18.2 Å². The van der Waals surface area contributed by atoms with E-state index in [2.05, 4.69) is 15.6 Å². The second-order valence-electron chi connectivity index (χ2n) is 5.93. The molecule has 0 fully saturated rings. The van der Waals surface area contributed by atoms with Gasteiger partial charge in [-0.05, 0) is 37.8 Å². The summed E-state index contributed by atoms with van der Waals surface area (Å²) >= 11 is 1.52. The lowest BCUT2D eigenvalue weighted by Gasteiger charge is -2.09. The van der Waals surface area contributed by atoms with Crippen LogP contribution in [0.25, 0.3) is 0 Å². The van der Waals surface area contributed by atoms with E-state index < -0.39 is 0 Å². The maximum absolute atomic E-state index is 12.3. The van der Waals surface area contributed by atoms with Crippen molar-refractivity contribution < 1.29 is 19.1 Å². The predicted octanol–water partition coefficient (Wildman–Crippen LogP) is 2.41. The highest BCUT2D eigenvalue weighted by molar-refractivity contribution is 7.15. The van der Waals surface area contributed by atoms with Gasteiger partial charge in [-0.2, -0.15) is 0 Å². The minimum Gasteiger partial charge on any atom is -0.497 e. The zero-order valence-electron chi connectivity index (χ0n) is 14.8. The van der Waals surface area contributed by atoms with Gasteiger partial charge in [0.25, 0.3) is 5.91 Å². The van der Waals surface area contributed by atoms with E-state index in [4.69, 9.17) is 9.47 Å². The molecule has 1 heterocycles. The van der Waals surface area contributed by atoms with Gasteiger partial charge in [-0.15, -0.1) is 11.3 Å². The lowest BCUT2D eigenvalue weighted by Crippen LogP contribution is -2.32. The molecule has 1 aromatic heterocycles. The quantitative estimate of drug-likeness (QED) is 0.809. The highest BCUT2D eigenvalue weighted by atomic mass is 32.1. The maximum Gasteiger partial charge on any atom is 0.251 e. The largest absolute Gasteiger partial charge is 0.497 e. The molecule has 138 valence electrons. The Balaban J connectivity index is 1.57. The lowest BCUT2D eigenvalue weighted by atomic mass is 10.0. The number of benzene rings is 1. The van der Waals surface area contributed by atoms with Crippen LogP contribution in [0.5, 0.6) is 11.5 Å². The molecular weight excluding hydrogens is 354 g/mol. The number of hydrogen-bond donors (Lipinski definition) is 2. The topological polar surface area (TPSA) is 89.5 Å². The molecule has 8 heteroatoms. The van der Waals surface area contributed by atoms with E-state index in [0.29, 0.717) is 22.2 Å². The van der Waals surface area contributed by atoms with E-state index >= 15 is 0 Å². The van der Waals surface area contributed by atoms with E-state index in [0.717, 1.165) is 25.0 Å². The molecule has 0 unspecified atom stereocenters. The van der Waals surface area contributed by atoms with Crippen LogP contribution in [0.4, 0.5) is 5.13 Å². The first kappa shape index (κ1) is 18.2. The Morgan fingerprint density at radius 2 is 1.81 bits per heavy atom. The molecule has 0 saturated heterocycles. The Kier molecular flexibility index (Phi) is 5.72. The molecule has 3 rings (SSSR count). The van der Waals surface area contributed by atoms with Gasteiger partial charge >= 0.3 is 0 Å². The van der Waals surface area contributed by atoms with Crippen LogP contribution in [-0.2, 0) is 17.6 Å². The van der Waals surface area contributed by atoms with E-state index in [1.165, 1.54) is 36.9 Å². The minimum absolute atomic E-state index is 0.136. The number of nitrogens with one attached hydrogen (secondary N) is 2. The summed E-state index contributed by atoms with van der Waals surface area (Å²) in [6.45, 7) is -0.136. The van der Waals surface area contributed by atoms with Crippen molar-refractivity contribution in [3.05, 3.63) is 34.3 Å². The molecule has 0 radical (unpaired) electrons. The first-order valence-corrected chi connectivity index (χ1v) is 9.20. The smallest absolute Gasteiger partial charge is 0.251 e. The van der Waals surface area contributed by atoms with Crippen molar-refractivity contribution in [2.75, 3.05) is 26.1 Å². The standard InChI is InChI=1S/C18H21N3O4S/c1-24-12-7-11(8-13(9-12)25-2)17(23)19-10-16(22)21-18-20-14-5-3-4-6-15(14)26-18/h7-9H,3-6,10H2,1-2H3,(H,19,23)(H,20,21,22). The fourth-order valence-electron chi connectivity index (χ4n) is 2.77. The van der Waals surface area contributed by atoms with Crippen LogP contribution in [-0.4, -0.2) is 37.6 Å². The van der Waals surface area contributed by atoms with Crippen molar-refractivity contribution in [2.45, 2.75) is 25.7 Å². The highest BCUT2D eigenvalue weighted by Gasteiger charge is 2.17. The number of anilines is 1. The van der Waals surface area contributed by atoms with Crippen LogP contribution in [0.3, 0.4) is 0 Å². The lowest BCUT2D eigenvalue weighted by molar-refractivity contribution is -0.115. The molecule has 2 amide bonds. The first-order chi connectivity index (χ1) is 12.6. The van der Waals surface area contributed by atoms with Crippen molar-refractivity contribution >= 4 is 28.3 Å². The van der Waals surface area contributed by atoms with E-state index in [9.17, 15) is 9.59 Å². The van der Waals surface area contributed by atoms with Gasteiger partial charge in [0.2, 0.25) is 5.91 Å². The van der Waals surface area contributed by atoms with Crippen LogP contribution < -0.4 is 20.1 Å². The number of carbonyl (C=O) groups excluding carboxylic acids is 2. The molecule has 7 nitrogen and oxygen atoms in total. The molecule has 26 heavy (non-hydrogen) atoms. The van der Waals surface area contributed by atoms with Gasteiger partial charge in [-0.25, -0.2) is 4.98 Å². The third kappa shape index (κ3) is 4.32. The number of rotatable bonds is 6. The number of methoxy groups -OCH3 is 2. The number of fused-ring (bicyclic) bond motifs is 1. The van der Waals surface area contributed by atoms with E-state index in [1.807, 2.05) is 0 Å². The average molecular weight is 375 g/mol. The molecule has 0 saturated carbocycles. The van der Waals surface area contributed by atoms with Gasteiger partial charge in [0.05, 0.1) is 26.5 Å². The molecule has 2 aromatic rings. The molecule has 1 aliphatic rings. The Morgan fingerprint density at radius 3 is 2.46 bits per heavy atom. The summed E-state index contributed by atoms with van der Waals surface area (Å²) in [5, 5.41) is 5.95. The van der Waals surface area contributed by atoms with Crippen molar-refractivity contribution in [1.29, 1.82) is 0 Å². The SMILES string of the molecule is COc1cc(OC)cc(C(=O)NCC(=O)Nc2nc3c(s2)CCCC3)c1. The van der Waals surface area contributed by atoms with Crippen LogP contribution in [0.2, 0.25) is 0 Å². The van der Waals surface area contributed by atoms with Crippen LogP contribution in [0, 0.1) is 0 Å². The van der Waals surface area contributed by atoms with Gasteiger partial charge in [-0.3, -0.25) is 9.59 Å². The predicted molar refractivity (Wildman–Crippen MR) is 99.3 cm³/mol. The Bertz CT molecular complexity index is 773. The first-order valence-electron chi connectivity index (χ1n) is 8.38. The molecule has 0 bridgehead atoms. The number of carbonyl (C=O) groups is 2. The van der Waals surface area contributed by atoms with Crippen molar-refractivity contribution in [3.8, 4) is 11.5 Å². The second-order valence-corrected chi connectivity index (χ2v) is 7.01. The third-order valence-electron chi connectivity index (χ3n) is 4.12. The van der Waals surface area contributed by atoms with Crippen LogP contribution >= 0.6 is 11.3 Å². The summed E-state index contributed by atoms with van der Waals surface area (Å²) in [6, 6.07) is 4.85. The van der Waals surface area contributed by atoms with Crippen molar-refractivity contribution in [3.63, 3.8) is 0 Å². The maximum atomic E-state index is 12.3. The Hall–Kier alpha value is -2.61. The number of nitrogens with zero attached hydrogens (tertiary/aromatic N) is 1. The minimum atomic E-state index is -0.379. The summed E-state index contributed by atoms with van der Waals surface area (Å²) in [4.78, 5) is 30.1. The molecule has 0 aliphatic heterocycles. The zero-order valence-corrected chi connectivity index (χ0v) is 15.6. The average Bonchev–Trinajstić information content (AvgIpc) is 3.07. The van der Waals surface area contributed by atoms with Gasteiger partial charge in [-0.1, -0.05) is 0 Å². The molecular formula is C18H21N3O4S. The van der Waals surface area contributed by atoms with Crippen LogP contribution in [0.1, 0.15) is 33.8 Å². The van der Waals surface area contributed by atoms with Crippen molar-refractivity contribution in [1.82, 2.24) is 10.3 Å². The number of hydrogen-bond acceptors (Lipinski definition) is 6. The van der Waals surface area contributed by atoms with Crippen molar-refractivity contribution in [2.24, 2.45) is 0 Å². The molecule has 1 aliphatic carbocycles. The number of ether oxygens (including phenoxy) is 2. The second kappa shape index (κ2) is 8.18. The number of amides is 2. The van der Waals surface area contributed by atoms with Gasteiger partial charge < -0.3 is 20.1 Å². The summed E-state index contributed by atoms with van der Waals surface area (Å²) < 4.78 is 10.3. The van der Waals surface area contributed by atoms with Gasteiger partial charge in [0, 0.05) is 16.5 Å². The van der Waals surface area contributed by atoms with Gasteiger partial charge in [0.1, 0.15) is 11.5 Å². The van der Waals surface area contributed by atoms with Gasteiger partial charge in [0.15, 0.2) is 5.13 Å². The van der Waals surface area contributed by atoms with E-state index in [-0.39, 0.29) is 18.4 Å². The fraction of sp³-hybridized carbons (Fsp3) is 0.389. The highest BCUT2D eigenvalue weighted by Crippen LogP contribution is 2.29. The number of aryl methyl sites for hydroxylation is 2. The Morgan fingerprint density at radius 1 is 1.12 bits per heavy atom. The molecule has 0 atom stereocenters. The third-order valence-corrected chi connectivity index (χ3v) is 5.19. The Labute approximate surface area is 155 Å². The summed E-state index contributed by atoms with van der Waals surface area (Å²) in [5.74, 6) is 0.328. The fourth-order valence-corrected chi connectivity index (χ4v) is 3.84. The monoisotopic (exact) mass is 375 g/mol. The van der Waals surface area contributed by atoms with Crippen LogP contribution in [0.15, 0.2) is 18.2 Å². The number of aromatic nitrogens is 1. The zero-order chi connectivity index (χ0) is 18.5. The summed E-state index contributed by atoms with van der Waals surface area (Å²) in [7, 11) is 3.02. The summed E-state index contributed by atoms with van der Waals surface area (Å²) in [5.41, 5.74) is 1.45.